The molecule has 4 rings (SSSR count). The van der Waals surface area contributed by atoms with Gasteiger partial charge in [0.05, 0.1) is 46.6 Å². The zero-order valence-electron chi connectivity index (χ0n) is 22.0. The van der Waals surface area contributed by atoms with Crippen molar-refractivity contribution < 1.29 is 29.0 Å². The maximum absolute atomic E-state index is 13.8. The van der Waals surface area contributed by atoms with Gasteiger partial charge in [-0.2, -0.15) is 0 Å². The molecular weight excluding hydrogens is 526 g/mol. The summed E-state index contributed by atoms with van der Waals surface area (Å²) in [6.45, 7) is 9.86. The van der Waals surface area contributed by atoms with Crippen LogP contribution in [0.15, 0.2) is 35.6 Å². The molecule has 1 aliphatic rings. The molecule has 3 aromatic rings. The van der Waals surface area contributed by atoms with E-state index >= 15 is 0 Å². The van der Waals surface area contributed by atoms with Crippen molar-refractivity contribution in [2.45, 2.75) is 47.1 Å². The second-order valence-corrected chi connectivity index (χ2v) is 11.5. The van der Waals surface area contributed by atoms with Crippen LogP contribution in [0.2, 0.25) is 0 Å². The van der Waals surface area contributed by atoms with Gasteiger partial charge in [-0.15, -0.1) is 11.3 Å². The number of benzene rings is 1. The Bertz CT molecular complexity index is 1440. The Morgan fingerprint density at radius 2 is 1.82 bits per heavy atom. The molecule has 0 aliphatic carbocycles. The van der Waals surface area contributed by atoms with Crippen molar-refractivity contribution in [1.82, 2.24) is 9.97 Å². The first-order valence-electron chi connectivity index (χ1n) is 12.1. The minimum Gasteiger partial charge on any atom is -0.503 e. The predicted molar refractivity (Wildman–Crippen MR) is 145 cm³/mol. The van der Waals surface area contributed by atoms with Crippen LogP contribution >= 0.6 is 22.7 Å². The predicted octanol–water partition coefficient (Wildman–Crippen LogP) is 5.52. The molecule has 0 radical (unpaired) electrons. The van der Waals surface area contributed by atoms with Crippen LogP contribution in [0, 0.1) is 26.7 Å². The second kappa shape index (κ2) is 11.0. The van der Waals surface area contributed by atoms with Crippen LogP contribution in [0.25, 0.3) is 0 Å². The first-order valence-corrected chi connectivity index (χ1v) is 13.7. The molecule has 0 saturated carbocycles. The van der Waals surface area contributed by atoms with Crippen molar-refractivity contribution in [2.24, 2.45) is 5.92 Å². The molecule has 0 saturated heterocycles. The highest BCUT2D eigenvalue weighted by Crippen LogP contribution is 2.45. The third-order valence-corrected chi connectivity index (χ3v) is 8.27. The Morgan fingerprint density at radius 1 is 1.11 bits per heavy atom. The molecule has 1 aromatic carbocycles. The number of aromatic nitrogens is 2. The van der Waals surface area contributed by atoms with E-state index in [-0.39, 0.29) is 15.6 Å². The number of methoxy groups -OCH3 is 1. The Balaban J connectivity index is 1.83. The fraction of sp³-hybridized carbons (Fsp3) is 0.370. The average Bonchev–Trinajstić information content (AvgIpc) is 3.50. The van der Waals surface area contributed by atoms with E-state index in [0.717, 1.165) is 17.8 Å². The van der Waals surface area contributed by atoms with Gasteiger partial charge >= 0.3 is 5.97 Å². The van der Waals surface area contributed by atoms with E-state index < -0.39 is 29.5 Å². The molecule has 2 aromatic heterocycles. The number of ketones is 1. The van der Waals surface area contributed by atoms with Crippen molar-refractivity contribution in [2.75, 3.05) is 18.6 Å². The number of hydrogen-bond acceptors (Lipinski definition) is 10. The second-order valence-electron chi connectivity index (χ2n) is 9.32. The van der Waals surface area contributed by atoms with E-state index in [1.165, 1.54) is 23.3 Å². The van der Waals surface area contributed by atoms with Crippen LogP contribution in [-0.2, 0) is 9.53 Å². The summed E-state index contributed by atoms with van der Waals surface area (Å²) in [5.41, 5.74) is 1.38. The number of aliphatic hydroxyl groups excluding tert-OH is 1. The summed E-state index contributed by atoms with van der Waals surface area (Å²) in [6, 6.07) is 6.09. The highest BCUT2D eigenvalue weighted by molar-refractivity contribution is 7.17. The molecule has 1 N–H and O–H groups in total. The third kappa shape index (κ3) is 5.21. The number of thiazole rings is 2. The Labute approximate surface area is 228 Å². The number of aryl methyl sites for hydroxylation is 3. The number of hydrogen-bond donors (Lipinski definition) is 1. The minimum atomic E-state index is -0.999. The number of esters is 1. The SMILES string of the molecule is COC(=O)c1sc(N2C(=O)C(O)=C(C(=O)c3sc(C)nc3C)C2c2cccc(OCCC(C)C)c2)nc1C. The molecule has 1 amide bonds. The first kappa shape index (κ1) is 27.5. The number of aliphatic hydroxyl groups is 1. The van der Waals surface area contributed by atoms with Gasteiger partial charge < -0.3 is 14.6 Å². The Kier molecular flexibility index (Phi) is 7.98. The fourth-order valence-electron chi connectivity index (χ4n) is 4.17. The van der Waals surface area contributed by atoms with Crippen LogP contribution in [-0.4, -0.2) is 46.5 Å². The molecule has 1 aliphatic heterocycles. The highest BCUT2D eigenvalue weighted by atomic mass is 32.1. The van der Waals surface area contributed by atoms with E-state index in [0.29, 0.717) is 45.1 Å². The molecule has 1 unspecified atom stereocenters. The van der Waals surface area contributed by atoms with Gasteiger partial charge in [0.25, 0.3) is 5.91 Å². The van der Waals surface area contributed by atoms with Crippen molar-refractivity contribution in [1.29, 1.82) is 0 Å². The quantitative estimate of drug-likeness (QED) is 0.271. The van der Waals surface area contributed by atoms with Gasteiger partial charge in [0.1, 0.15) is 10.6 Å². The smallest absolute Gasteiger partial charge is 0.350 e. The molecule has 9 nitrogen and oxygen atoms in total. The molecule has 11 heteroatoms. The molecule has 3 heterocycles. The molecule has 38 heavy (non-hydrogen) atoms. The Hall–Kier alpha value is -3.57. The van der Waals surface area contributed by atoms with Crippen molar-refractivity contribution in [3.05, 3.63) is 67.3 Å². The third-order valence-electron chi connectivity index (χ3n) is 6.06. The number of nitrogens with zero attached hydrogens (tertiary/aromatic N) is 3. The summed E-state index contributed by atoms with van der Waals surface area (Å²) in [7, 11) is 1.26. The number of amides is 1. The summed E-state index contributed by atoms with van der Waals surface area (Å²) in [5.74, 6) is -1.48. The maximum atomic E-state index is 13.8. The molecular formula is C27H29N3O6S2. The number of carbonyl (C=O) groups excluding carboxylic acids is 3. The topological polar surface area (TPSA) is 119 Å². The van der Waals surface area contributed by atoms with Crippen molar-refractivity contribution >= 4 is 45.5 Å². The summed E-state index contributed by atoms with van der Waals surface area (Å²) in [6.07, 6.45) is 0.862. The average molecular weight is 556 g/mol. The molecule has 1 atom stereocenters. The fourth-order valence-corrected chi connectivity index (χ4v) is 6.05. The Morgan fingerprint density at radius 3 is 2.45 bits per heavy atom. The summed E-state index contributed by atoms with van der Waals surface area (Å²) in [5, 5.41) is 11.9. The van der Waals surface area contributed by atoms with E-state index in [9.17, 15) is 19.5 Å². The largest absolute Gasteiger partial charge is 0.503 e. The zero-order chi connectivity index (χ0) is 27.7. The lowest BCUT2D eigenvalue weighted by Crippen LogP contribution is -2.31. The molecule has 0 fully saturated rings. The van der Waals surface area contributed by atoms with Gasteiger partial charge in [-0.25, -0.2) is 14.8 Å². The maximum Gasteiger partial charge on any atom is 0.350 e. The van der Waals surface area contributed by atoms with Gasteiger partial charge in [0.2, 0.25) is 5.78 Å². The summed E-state index contributed by atoms with van der Waals surface area (Å²) >= 11 is 2.16. The van der Waals surface area contributed by atoms with Crippen LogP contribution in [0.1, 0.15) is 67.6 Å². The van der Waals surface area contributed by atoms with Gasteiger partial charge in [0, 0.05) is 0 Å². The van der Waals surface area contributed by atoms with Gasteiger partial charge in [-0.05, 0) is 50.8 Å². The molecule has 0 spiro atoms. The summed E-state index contributed by atoms with van der Waals surface area (Å²) in [4.78, 5) is 50.2. The number of carbonyl (C=O) groups is 3. The van der Waals surface area contributed by atoms with Crippen LogP contribution in [0.3, 0.4) is 0 Å². The van der Waals surface area contributed by atoms with E-state index in [2.05, 4.69) is 23.8 Å². The normalized spacial score (nSPS) is 15.5. The lowest BCUT2D eigenvalue weighted by molar-refractivity contribution is -0.117. The zero-order valence-corrected chi connectivity index (χ0v) is 23.7. The minimum absolute atomic E-state index is 0.0754. The van der Waals surface area contributed by atoms with E-state index in [1.807, 2.05) is 0 Å². The molecule has 200 valence electrons. The first-order chi connectivity index (χ1) is 18.0. The number of rotatable bonds is 9. The van der Waals surface area contributed by atoms with Crippen LogP contribution in [0.5, 0.6) is 5.75 Å². The van der Waals surface area contributed by atoms with E-state index in [4.69, 9.17) is 9.47 Å². The monoisotopic (exact) mass is 555 g/mol. The number of Topliss-reactive ketones (excluding diaryl/α,β-unsaturated/α-hetero) is 1. The van der Waals surface area contributed by atoms with Crippen molar-refractivity contribution in [3.8, 4) is 5.75 Å². The lowest BCUT2D eigenvalue weighted by atomic mass is 9.95. The van der Waals surface area contributed by atoms with Crippen LogP contribution in [0.4, 0.5) is 5.13 Å². The number of ether oxygens (including phenoxy) is 2. The lowest BCUT2D eigenvalue weighted by Gasteiger charge is -2.25. The van der Waals surface area contributed by atoms with Crippen LogP contribution < -0.4 is 9.64 Å². The summed E-state index contributed by atoms with van der Waals surface area (Å²) < 4.78 is 10.8. The van der Waals surface area contributed by atoms with Gasteiger partial charge in [0.15, 0.2) is 10.9 Å². The standard InChI is InChI=1S/C27H29N3O6S2/c1-13(2)10-11-36-18-9-7-8-17(12-18)20-19(21(31)23-14(3)28-16(5)37-23)22(32)25(33)30(20)27-29-15(4)24(38-27)26(34)35-6/h7-9,12-13,20,32H,10-11H2,1-6H3. The van der Waals surface area contributed by atoms with Gasteiger partial charge in [-0.3, -0.25) is 14.5 Å². The highest BCUT2D eigenvalue weighted by Gasteiger charge is 2.47. The van der Waals surface area contributed by atoms with E-state index in [1.54, 1.807) is 45.0 Å². The molecule has 0 bridgehead atoms. The number of anilines is 1. The van der Waals surface area contributed by atoms with Crippen molar-refractivity contribution in [3.63, 3.8) is 0 Å². The van der Waals surface area contributed by atoms with Gasteiger partial charge in [-0.1, -0.05) is 37.3 Å².